The van der Waals surface area contributed by atoms with Gasteiger partial charge in [-0.3, -0.25) is 9.59 Å². The summed E-state index contributed by atoms with van der Waals surface area (Å²) in [6.45, 7) is 2.84. The van der Waals surface area contributed by atoms with Crippen molar-refractivity contribution in [3.63, 3.8) is 0 Å². The van der Waals surface area contributed by atoms with Crippen LogP contribution in [0, 0.1) is 5.82 Å². The molecule has 3 aromatic carbocycles. The van der Waals surface area contributed by atoms with Gasteiger partial charge >= 0.3 is 11.8 Å². The van der Waals surface area contributed by atoms with E-state index in [2.05, 4.69) is 4.90 Å². The van der Waals surface area contributed by atoms with Gasteiger partial charge in [-0.2, -0.15) is 0 Å². The van der Waals surface area contributed by atoms with Crippen molar-refractivity contribution in [3.05, 3.63) is 102 Å². The molecule has 3 aromatic rings. The predicted molar refractivity (Wildman–Crippen MR) is 122 cm³/mol. The second-order valence-electron chi connectivity index (χ2n) is 7.89. The molecule has 2 amide bonds. The van der Waals surface area contributed by atoms with E-state index in [1.54, 1.807) is 21.9 Å². The van der Waals surface area contributed by atoms with Crippen LogP contribution in [0.2, 0.25) is 0 Å². The van der Waals surface area contributed by atoms with Gasteiger partial charge in [0.05, 0.1) is 0 Å². The zero-order chi connectivity index (χ0) is 22.3. The molecule has 1 saturated heterocycles. The lowest BCUT2D eigenvalue weighted by Crippen LogP contribution is -2.53. The maximum Gasteiger partial charge on any atom is 0.312 e. The first-order valence-electron chi connectivity index (χ1n) is 10.8. The second kappa shape index (κ2) is 10.1. The Balaban J connectivity index is 1.43. The van der Waals surface area contributed by atoms with Gasteiger partial charge in [0.15, 0.2) is 0 Å². The molecule has 0 aromatic heterocycles. The summed E-state index contributed by atoms with van der Waals surface area (Å²) in [5.74, 6) is -1.24. The fourth-order valence-electron chi connectivity index (χ4n) is 3.90. The first kappa shape index (κ1) is 21.6. The average Bonchev–Trinajstić information content (AvgIpc) is 2.85. The van der Waals surface area contributed by atoms with E-state index in [4.69, 9.17) is 0 Å². The molecule has 6 heteroatoms. The van der Waals surface area contributed by atoms with Crippen LogP contribution in [0.3, 0.4) is 0 Å². The Morgan fingerprint density at radius 3 is 1.72 bits per heavy atom. The molecule has 164 valence electrons. The van der Waals surface area contributed by atoms with E-state index < -0.39 is 11.8 Å². The number of anilines is 1. The molecule has 0 saturated carbocycles. The van der Waals surface area contributed by atoms with E-state index in [0.717, 1.165) is 16.8 Å². The molecule has 4 rings (SSSR count). The first-order valence-corrected chi connectivity index (χ1v) is 10.8. The minimum absolute atomic E-state index is 0.273. The van der Waals surface area contributed by atoms with Crippen LogP contribution in [0.1, 0.15) is 11.1 Å². The molecule has 1 aliphatic heterocycles. The fraction of sp³-hybridized carbons (Fsp3) is 0.231. The molecule has 0 aliphatic carbocycles. The maximum absolute atomic E-state index is 13.2. The van der Waals surface area contributed by atoms with E-state index in [9.17, 15) is 14.0 Å². The molecular weight excluding hydrogens is 405 g/mol. The Morgan fingerprint density at radius 2 is 1.22 bits per heavy atom. The van der Waals surface area contributed by atoms with Gasteiger partial charge in [-0.1, -0.05) is 60.7 Å². The lowest BCUT2D eigenvalue weighted by molar-refractivity contribution is -0.152. The second-order valence-corrected chi connectivity index (χ2v) is 7.89. The van der Waals surface area contributed by atoms with Crippen LogP contribution >= 0.6 is 0 Å². The third-order valence-corrected chi connectivity index (χ3v) is 5.66. The van der Waals surface area contributed by atoms with Gasteiger partial charge in [-0.15, -0.1) is 0 Å². The monoisotopic (exact) mass is 431 g/mol. The molecule has 0 atom stereocenters. The first-order chi connectivity index (χ1) is 15.6. The largest absolute Gasteiger partial charge is 0.368 e. The van der Waals surface area contributed by atoms with E-state index in [1.807, 2.05) is 60.7 Å². The van der Waals surface area contributed by atoms with Crippen molar-refractivity contribution >= 4 is 17.5 Å². The van der Waals surface area contributed by atoms with Gasteiger partial charge in [0.25, 0.3) is 0 Å². The van der Waals surface area contributed by atoms with Gasteiger partial charge in [0.1, 0.15) is 5.82 Å². The van der Waals surface area contributed by atoms with Gasteiger partial charge < -0.3 is 14.7 Å². The molecule has 1 heterocycles. The molecule has 0 bridgehead atoms. The quantitative estimate of drug-likeness (QED) is 0.579. The Bertz CT molecular complexity index is 992. The van der Waals surface area contributed by atoms with Crippen molar-refractivity contribution in [3.8, 4) is 0 Å². The van der Waals surface area contributed by atoms with Crippen molar-refractivity contribution in [1.29, 1.82) is 0 Å². The Morgan fingerprint density at radius 1 is 0.719 bits per heavy atom. The number of carbonyl (C=O) groups excluding carboxylic acids is 2. The van der Waals surface area contributed by atoms with Crippen molar-refractivity contribution in [1.82, 2.24) is 9.80 Å². The molecule has 5 nitrogen and oxygen atoms in total. The van der Waals surface area contributed by atoms with Crippen LogP contribution in [-0.2, 0) is 22.7 Å². The van der Waals surface area contributed by atoms with Gasteiger partial charge in [-0.25, -0.2) is 4.39 Å². The predicted octanol–water partition coefficient (Wildman–Crippen LogP) is 3.70. The number of piperazine rings is 1. The number of hydrogen-bond acceptors (Lipinski definition) is 3. The Kier molecular flexibility index (Phi) is 6.80. The standard InChI is InChI=1S/C26H26FN3O2/c27-23-11-13-24(14-12-23)28-15-17-29(18-16-28)25(31)26(32)30(19-21-7-3-1-4-8-21)20-22-9-5-2-6-10-22/h1-14H,15-20H2. The number of nitrogens with zero attached hydrogens (tertiary/aromatic N) is 3. The molecule has 1 fully saturated rings. The highest BCUT2D eigenvalue weighted by Crippen LogP contribution is 2.18. The third kappa shape index (κ3) is 5.32. The van der Waals surface area contributed by atoms with Crippen LogP contribution in [0.25, 0.3) is 0 Å². The number of halogens is 1. The summed E-state index contributed by atoms with van der Waals surface area (Å²) < 4.78 is 13.2. The number of amides is 2. The normalized spacial score (nSPS) is 13.7. The maximum atomic E-state index is 13.2. The highest BCUT2D eigenvalue weighted by atomic mass is 19.1. The van der Waals surface area contributed by atoms with E-state index in [-0.39, 0.29) is 5.82 Å². The van der Waals surface area contributed by atoms with Crippen LogP contribution in [-0.4, -0.2) is 47.8 Å². The van der Waals surface area contributed by atoms with Crippen molar-refractivity contribution in [2.24, 2.45) is 0 Å². The van der Waals surface area contributed by atoms with E-state index >= 15 is 0 Å². The third-order valence-electron chi connectivity index (χ3n) is 5.66. The van der Waals surface area contributed by atoms with Crippen molar-refractivity contribution < 1.29 is 14.0 Å². The van der Waals surface area contributed by atoms with Crippen LogP contribution in [0.15, 0.2) is 84.9 Å². The number of hydrogen-bond donors (Lipinski definition) is 0. The van der Waals surface area contributed by atoms with Crippen LogP contribution in [0.5, 0.6) is 0 Å². The Hall–Kier alpha value is -3.67. The highest BCUT2D eigenvalue weighted by molar-refractivity contribution is 6.34. The summed E-state index contributed by atoms with van der Waals surface area (Å²) in [7, 11) is 0. The SMILES string of the molecule is O=C(C(=O)N(Cc1ccccc1)Cc1ccccc1)N1CCN(c2ccc(F)cc2)CC1. The van der Waals surface area contributed by atoms with Crippen molar-refractivity contribution in [2.45, 2.75) is 13.1 Å². The lowest BCUT2D eigenvalue weighted by Gasteiger charge is -2.36. The summed E-state index contributed by atoms with van der Waals surface area (Å²) in [6.07, 6.45) is 0. The molecule has 0 N–H and O–H groups in total. The summed E-state index contributed by atoms with van der Waals surface area (Å²) in [6, 6.07) is 25.7. The Labute approximate surface area is 187 Å². The highest BCUT2D eigenvalue weighted by Gasteiger charge is 2.30. The number of benzene rings is 3. The van der Waals surface area contributed by atoms with E-state index in [1.165, 1.54) is 12.1 Å². The average molecular weight is 432 g/mol. The summed E-state index contributed by atoms with van der Waals surface area (Å²) in [4.78, 5) is 31.6. The molecular formula is C26H26FN3O2. The van der Waals surface area contributed by atoms with Crippen molar-refractivity contribution in [2.75, 3.05) is 31.1 Å². The zero-order valence-corrected chi connectivity index (χ0v) is 17.9. The molecule has 0 unspecified atom stereocenters. The minimum atomic E-state index is -0.493. The molecule has 1 aliphatic rings. The van der Waals surface area contributed by atoms with Gasteiger partial charge in [-0.05, 0) is 35.4 Å². The zero-order valence-electron chi connectivity index (χ0n) is 17.9. The van der Waals surface area contributed by atoms with Gasteiger partial charge in [0.2, 0.25) is 0 Å². The summed E-state index contributed by atoms with van der Waals surface area (Å²) in [5, 5.41) is 0. The topological polar surface area (TPSA) is 43.9 Å². The fourth-order valence-corrected chi connectivity index (χ4v) is 3.90. The van der Waals surface area contributed by atoms with Crippen LogP contribution < -0.4 is 4.90 Å². The number of carbonyl (C=O) groups is 2. The van der Waals surface area contributed by atoms with Gasteiger partial charge in [0, 0.05) is 45.0 Å². The summed E-state index contributed by atoms with van der Waals surface area (Å²) in [5.41, 5.74) is 2.87. The smallest absolute Gasteiger partial charge is 0.312 e. The number of rotatable bonds is 5. The molecule has 0 spiro atoms. The van der Waals surface area contributed by atoms with E-state index in [0.29, 0.717) is 39.3 Å². The lowest BCUT2D eigenvalue weighted by atomic mass is 10.1. The van der Waals surface area contributed by atoms with Crippen LogP contribution in [0.4, 0.5) is 10.1 Å². The molecule has 0 radical (unpaired) electrons. The minimum Gasteiger partial charge on any atom is -0.368 e. The summed E-state index contributed by atoms with van der Waals surface area (Å²) >= 11 is 0. The molecule has 32 heavy (non-hydrogen) atoms.